The van der Waals surface area contributed by atoms with Gasteiger partial charge in [-0.25, -0.2) is 4.39 Å². The SMILES string of the molecule is O=S([O-])Cc1cc(Cl)ccc1F.[Na+]. The van der Waals surface area contributed by atoms with Crippen molar-refractivity contribution < 1.29 is 42.7 Å². The summed E-state index contributed by atoms with van der Waals surface area (Å²) in [5.74, 6) is -0.893. The van der Waals surface area contributed by atoms with Gasteiger partial charge in [0.15, 0.2) is 0 Å². The third-order valence-corrected chi connectivity index (χ3v) is 2.06. The van der Waals surface area contributed by atoms with Crippen LogP contribution in [-0.2, 0) is 16.8 Å². The van der Waals surface area contributed by atoms with Crippen LogP contribution < -0.4 is 29.6 Å². The molecule has 1 unspecified atom stereocenters. The summed E-state index contributed by atoms with van der Waals surface area (Å²) in [6.45, 7) is 0. The van der Waals surface area contributed by atoms with Crippen LogP contribution >= 0.6 is 11.6 Å². The molecular formula is C7H5ClFNaO2S. The van der Waals surface area contributed by atoms with Crippen LogP contribution in [0.25, 0.3) is 0 Å². The van der Waals surface area contributed by atoms with Gasteiger partial charge in [-0.15, -0.1) is 0 Å². The summed E-state index contributed by atoms with van der Waals surface area (Å²) in [7, 11) is 0. The molecule has 0 amide bonds. The van der Waals surface area contributed by atoms with Gasteiger partial charge in [0.1, 0.15) is 5.82 Å². The van der Waals surface area contributed by atoms with Crippen molar-refractivity contribution in [3.63, 3.8) is 0 Å². The van der Waals surface area contributed by atoms with Crippen molar-refractivity contribution in [1.29, 1.82) is 0 Å². The molecule has 0 aliphatic carbocycles. The van der Waals surface area contributed by atoms with E-state index in [4.69, 9.17) is 11.6 Å². The molecule has 0 saturated carbocycles. The molecular weight excluding hydrogens is 226 g/mol. The number of halogens is 2. The summed E-state index contributed by atoms with van der Waals surface area (Å²) in [5.41, 5.74) is 0.0934. The first kappa shape index (κ1) is 13.5. The van der Waals surface area contributed by atoms with Crippen LogP contribution in [0, 0.1) is 5.82 Å². The molecule has 1 atom stereocenters. The van der Waals surface area contributed by atoms with Crippen molar-refractivity contribution in [2.75, 3.05) is 0 Å². The van der Waals surface area contributed by atoms with Gasteiger partial charge in [0.2, 0.25) is 0 Å². The quantitative estimate of drug-likeness (QED) is 0.476. The average molecular weight is 231 g/mol. The second-order valence-corrected chi connectivity index (χ2v) is 3.52. The molecule has 6 heteroatoms. The number of hydrogen-bond acceptors (Lipinski definition) is 2. The zero-order valence-corrected chi connectivity index (χ0v) is 10.5. The summed E-state index contributed by atoms with van der Waals surface area (Å²) >= 11 is 3.25. The van der Waals surface area contributed by atoms with E-state index in [1.807, 2.05) is 0 Å². The van der Waals surface area contributed by atoms with Crippen molar-refractivity contribution in [3.8, 4) is 0 Å². The molecule has 0 spiro atoms. The Morgan fingerprint density at radius 2 is 2.15 bits per heavy atom. The van der Waals surface area contributed by atoms with E-state index in [0.717, 1.165) is 6.07 Å². The topological polar surface area (TPSA) is 40.1 Å². The van der Waals surface area contributed by atoms with Crippen molar-refractivity contribution in [3.05, 3.63) is 34.6 Å². The molecule has 0 aliphatic rings. The summed E-state index contributed by atoms with van der Waals surface area (Å²) in [6.07, 6.45) is 0. The van der Waals surface area contributed by atoms with Crippen LogP contribution in [-0.4, -0.2) is 8.76 Å². The Bertz CT molecular complexity index is 321. The third kappa shape index (κ3) is 4.54. The molecule has 0 N–H and O–H groups in total. The van der Waals surface area contributed by atoms with E-state index in [0.29, 0.717) is 5.02 Å². The van der Waals surface area contributed by atoms with Gasteiger partial charge >= 0.3 is 29.6 Å². The molecule has 2 nitrogen and oxygen atoms in total. The first-order valence-corrected chi connectivity index (χ1v) is 4.71. The number of rotatable bonds is 2. The Hall–Kier alpha value is 0.550. The third-order valence-electron chi connectivity index (χ3n) is 1.28. The van der Waals surface area contributed by atoms with Gasteiger partial charge in [-0.2, -0.15) is 0 Å². The van der Waals surface area contributed by atoms with Crippen LogP contribution in [0.3, 0.4) is 0 Å². The molecule has 0 bridgehead atoms. The number of benzene rings is 1. The van der Waals surface area contributed by atoms with Gasteiger partial charge in [0.05, 0.1) is 0 Å². The molecule has 0 aromatic heterocycles. The van der Waals surface area contributed by atoms with Crippen molar-refractivity contribution in [1.82, 2.24) is 0 Å². The fraction of sp³-hybridized carbons (Fsp3) is 0.143. The largest absolute Gasteiger partial charge is 1.00 e. The van der Waals surface area contributed by atoms with E-state index in [1.165, 1.54) is 12.1 Å². The average Bonchev–Trinajstić information content (AvgIpc) is 1.96. The Morgan fingerprint density at radius 3 is 2.69 bits per heavy atom. The van der Waals surface area contributed by atoms with Crippen molar-refractivity contribution in [2.45, 2.75) is 5.75 Å². The Kier molecular flexibility index (Phi) is 6.37. The van der Waals surface area contributed by atoms with E-state index in [9.17, 15) is 13.2 Å². The van der Waals surface area contributed by atoms with E-state index < -0.39 is 16.9 Å². The van der Waals surface area contributed by atoms with Crippen LogP contribution in [0.15, 0.2) is 18.2 Å². The van der Waals surface area contributed by atoms with E-state index >= 15 is 0 Å². The Balaban J connectivity index is 0.00000144. The van der Waals surface area contributed by atoms with E-state index in [-0.39, 0.29) is 40.9 Å². The molecule has 13 heavy (non-hydrogen) atoms. The minimum atomic E-state index is -2.28. The van der Waals surface area contributed by atoms with Crippen LogP contribution in [0.5, 0.6) is 0 Å². The van der Waals surface area contributed by atoms with Crippen LogP contribution in [0.1, 0.15) is 5.56 Å². The van der Waals surface area contributed by atoms with E-state index in [1.54, 1.807) is 0 Å². The molecule has 1 aromatic carbocycles. The van der Waals surface area contributed by atoms with Crippen LogP contribution in [0.4, 0.5) is 4.39 Å². The van der Waals surface area contributed by atoms with Gasteiger partial charge in [-0.1, -0.05) is 22.7 Å². The molecule has 0 fully saturated rings. The van der Waals surface area contributed by atoms with Crippen molar-refractivity contribution in [2.24, 2.45) is 0 Å². The standard InChI is InChI=1S/C7H6ClFO2S.Na/c8-6-1-2-7(9)5(3-6)4-12(10)11;/h1-3H,4H2,(H,10,11);/q;+1/p-1. The Labute approximate surface area is 105 Å². The van der Waals surface area contributed by atoms with Gasteiger partial charge < -0.3 is 4.55 Å². The van der Waals surface area contributed by atoms with E-state index in [2.05, 4.69) is 0 Å². The fourth-order valence-electron chi connectivity index (χ4n) is 0.781. The number of hydrogen-bond donors (Lipinski definition) is 0. The molecule has 1 aromatic rings. The second kappa shape index (κ2) is 6.11. The molecule has 0 aliphatic heterocycles. The van der Waals surface area contributed by atoms with Gasteiger partial charge in [0.25, 0.3) is 0 Å². The minimum Gasteiger partial charge on any atom is -0.772 e. The van der Waals surface area contributed by atoms with Gasteiger partial charge in [-0.3, -0.25) is 4.21 Å². The zero-order valence-electron chi connectivity index (χ0n) is 6.92. The predicted molar refractivity (Wildman–Crippen MR) is 44.0 cm³/mol. The maximum atomic E-state index is 12.8. The second-order valence-electron chi connectivity index (χ2n) is 2.18. The zero-order chi connectivity index (χ0) is 9.14. The summed E-state index contributed by atoms with van der Waals surface area (Å²) in [6, 6.07) is 3.81. The summed E-state index contributed by atoms with van der Waals surface area (Å²) < 4.78 is 33.2. The molecule has 0 radical (unpaired) electrons. The fourth-order valence-corrected chi connectivity index (χ4v) is 1.45. The van der Waals surface area contributed by atoms with Crippen LogP contribution in [0.2, 0.25) is 5.02 Å². The molecule has 0 saturated heterocycles. The predicted octanol–water partition coefficient (Wildman–Crippen LogP) is -1.14. The molecule has 66 valence electrons. The first-order valence-electron chi connectivity index (χ1n) is 3.09. The summed E-state index contributed by atoms with van der Waals surface area (Å²) in [4.78, 5) is 0. The first-order chi connectivity index (χ1) is 5.59. The normalized spacial score (nSPS) is 11.9. The smallest absolute Gasteiger partial charge is 0.772 e. The summed E-state index contributed by atoms with van der Waals surface area (Å²) in [5, 5.41) is 0.330. The molecule has 0 heterocycles. The van der Waals surface area contributed by atoms with Crippen molar-refractivity contribution >= 4 is 22.7 Å². The minimum absolute atomic E-state index is 0. The maximum absolute atomic E-state index is 12.8. The Morgan fingerprint density at radius 1 is 1.54 bits per heavy atom. The maximum Gasteiger partial charge on any atom is 1.00 e. The molecule has 1 rings (SSSR count). The van der Waals surface area contributed by atoms with Gasteiger partial charge in [0, 0.05) is 16.3 Å². The monoisotopic (exact) mass is 230 g/mol. The van der Waals surface area contributed by atoms with Gasteiger partial charge in [-0.05, 0) is 18.2 Å².